The second-order valence-corrected chi connectivity index (χ2v) is 4.06. The van der Waals surface area contributed by atoms with Gasteiger partial charge in [-0.3, -0.25) is 9.48 Å². The lowest BCUT2D eigenvalue weighted by Gasteiger charge is -2.09. The molecular formula is C10H16N4O. The van der Waals surface area contributed by atoms with Crippen molar-refractivity contribution in [3.63, 3.8) is 0 Å². The smallest absolute Gasteiger partial charge is 0.256 e. The maximum absolute atomic E-state index is 11.6. The molecule has 0 radical (unpaired) electrons. The van der Waals surface area contributed by atoms with Crippen LogP contribution >= 0.6 is 0 Å². The Morgan fingerprint density at radius 1 is 1.67 bits per heavy atom. The Labute approximate surface area is 89.1 Å². The second-order valence-electron chi connectivity index (χ2n) is 4.06. The van der Waals surface area contributed by atoms with Crippen LogP contribution in [0.4, 0.5) is 0 Å². The van der Waals surface area contributed by atoms with Crippen molar-refractivity contribution >= 4 is 5.91 Å². The van der Waals surface area contributed by atoms with Crippen LogP contribution in [0.1, 0.15) is 22.8 Å². The number of aromatic nitrogens is 2. The van der Waals surface area contributed by atoms with Gasteiger partial charge in [0.05, 0.1) is 17.8 Å². The zero-order chi connectivity index (χ0) is 10.8. The summed E-state index contributed by atoms with van der Waals surface area (Å²) in [5, 5.41) is 7.51. The van der Waals surface area contributed by atoms with Crippen LogP contribution in [0.2, 0.25) is 0 Å². The molecule has 1 fully saturated rings. The van der Waals surface area contributed by atoms with Crippen LogP contribution in [0.15, 0.2) is 12.4 Å². The molecular weight excluding hydrogens is 192 g/mol. The van der Waals surface area contributed by atoms with Gasteiger partial charge in [0.1, 0.15) is 0 Å². The number of hydrogen-bond donors (Lipinski definition) is 1. The first-order valence-corrected chi connectivity index (χ1v) is 5.15. The summed E-state index contributed by atoms with van der Waals surface area (Å²) in [6, 6.07) is 0.397. The molecule has 82 valence electrons. The van der Waals surface area contributed by atoms with Gasteiger partial charge in [-0.1, -0.05) is 0 Å². The van der Waals surface area contributed by atoms with Crippen LogP contribution in [0.5, 0.6) is 0 Å². The standard InChI is InChI=1S/C10H16N4O/c1-13(2)10(15)8-5-12-14(7-8)9-3-4-11-6-9/h5,7,9,11H,3-4,6H2,1-2H3/t9-/m0/s1. The van der Waals surface area contributed by atoms with Crippen molar-refractivity contribution in [2.45, 2.75) is 12.5 Å². The van der Waals surface area contributed by atoms with Gasteiger partial charge in [0.25, 0.3) is 5.91 Å². The summed E-state index contributed by atoms with van der Waals surface area (Å²) in [7, 11) is 3.49. The van der Waals surface area contributed by atoms with Crippen molar-refractivity contribution in [2.75, 3.05) is 27.2 Å². The lowest BCUT2D eigenvalue weighted by molar-refractivity contribution is 0.0827. The van der Waals surface area contributed by atoms with Crippen LogP contribution in [0, 0.1) is 0 Å². The van der Waals surface area contributed by atoms with Gasteiger partial charge in [-0.05, 0) is 13.0 Å². The monoisotopic (exact) mass is 208 g/mol. The molecule has 0 unspecified atom stereocenters. The molecule has 0 bridgehead atoms. The van der Waals surface area contributed by atoms with Crippen molar-refractivity contribution in [2.24, 2.45) is 0 Å². The average molecular weight is 208 g/mol. The second kappa shape index (κ2) is 4.02. The van der Waals surface area contributed by atoms with Crippen molar-refractivity contribution < 1.29 is 4.79 Å². The lowest BCUT2D eigenvalue weighted by atomic mass is 10.2. The number of carbonyl (C=O) groups excluding carboxylic acids is 1. The van der Waals surface area contributed by atoms with Gasteiger partial charge < -0.3 is 10.2 Å². The molecule has 1 saturated heterocycles. The molecule has 5 heteroatoms. The van der Waals surface area contributed by atoms with E-state index in [-0.39, 0.29) is 5.91 Å². The lowest BCUT2D eigenvalue weighted by Crippen LogP contribution is -2.21. The fourth-order valence-corrected chi connectivity index (χ4v) is 1.77. The van der Waals surface area contributed by atoms with Gasteiger partial charge in [-0.2, -0.15) is 5.10 Å². The molecule has 0 aromatic carbocycles. The highest BCUT2D eigenvalue weighted by Crippen LogP contribution is 2.14. The molecule has 1 N–H and O–H groups in total. The predicted molar refractivity (Wildman–Crippen MR) is 56.8 cm³/mol. The van der Waals surface area contributed by atoms with Gasteiger partial charge in [0.2, 0.25) is 0 Å². The number of amides is 1. The Balaban J connectivity index is 2.12. The van der Waals surface area contributed by atoms with Crippen LogP contribution < -0.4 is 5.32 Å². The van der Waals surface area contributed by atoms with E-state index in [2.05, 4.69) is 10.4 Å². The van der Waals surface area contributed by atoms with Gasteiger partial charge in [0.15, 0.2) is 0 Å². The minimum absolute atomic E-state index is 0.00667. The number of carbonyl (C=O) groups is 1. The first-order valence-electron chi connectivity index (χ1n) is 5.15. The minimum Gasteiger partial charge on any atom is -0.345 e. The molecule has 1 aliphatic rings. The molecule has 2 rings (SSSR count). The normalized spacial score (nSPS) is 20.5. The van der Waals surface area contributed by atoms with Gasteiger partial charge in [0, 0.05) is 26.8 Å². The molecule has 2 heterocycles. The average Bonchev–Trinajstić information content (AvgIpc) is 2.86. The summed E-state index contributed by atoms with van der Waals surface area (Å²) < 4.78 is 1.89. The Morgan fingerprint density at radius 2 is 2.47 bits per heavy atom. The number of nitrogens with one attached hydrogen (secondary N) is 1. The number of rotatable bonds is 2. The van der Waals surface area contributed by atoms with Crippen molar-refractivity contribution in [1.29, 1.82) is 0 Å². The molecule has 1 atom stereocenters. The van der Waals surface area contributed by atoms with Crippen LogP contribution in [-0.4, -0.2) is 47.8 Å². The van der Waals surface area contributed by atoms with Crippen molar-refractivity contribution in [3.8, 4) is 0 Å². The van der Waals surface area contributed by atoms with E-state index < -0.39 is 0 Å². The van der Waals surface area contributed by atoms with E-state index in [1.54, 1.807) is 25.2 Å². The fourth-order valence-electron chi connectivity index (χ4n) is 1.77. The molecule has 0 aliphatic carbocycles. The summed E-state index contributed by atoms with van der Waals surface area (Å²) >= 11 is 0. The maximum atomic E-state index is 11.6. The highest BCUT2D eigenvalue weighted by atomic mass is 16.2. The maximum Gasteiger partial charge on any atom is 0.256 e. The molecule has 5 nitrogen and oxygen atoms in total. The van der Waals surface area contributed by atoms with E-state index in [9.17, 15) is 4.79 Å². The molecule has 1 aromatic rings. The van der Waals surface area contributed by atoms with Gasteiger partial charge in [-0.25, -0.2) is 0 Å². The first kappa shape index (κ1) is 10.2. The highest BCUT2D eigenvalue weighted by molar-refractivity contribution is 5.93. The third-order valence-electron chi connectivity index (χ3n) is 2.66. The van der Waals surface area contributed by atoms with Crippen LogP contribution in [0.25, 0.3) is 0 Å². The van der Waals surface area contributed by atoms with Crippen molar-refractivity contribution in [1.82, 2.24) is 20.0 Å². The summed E-state index contributed by atoms with van der Waals surface area (Å²) in [6.45, 7) is 1.97. The quantitative estimate of drug-likeness (QED) is 0.751. The minimum atomic E-state index is 0.00667. The van der Waals surface area contributed by atoms with Gasteiger partial charge in [-0.15, -0.1) is 0 Å². The summed E-state index contributed by atoms with van der Waals surface area (Å²) in [4.78, 5) is 13.2. The molecule has 1 aromatic heterocycles. The number of nitrogens with zero attached hydrogens (tertiary/aromatic N) is 3. The van der Waals surface area contributed by atoms with E-state index in [4.69, 9.17) is 0 Å². The van der Waals surface area contributed by atoms with Crippen LogP contribution in [0.3, 0.4) is 0 Å². The topological polar surface area (TPSA) is 50.2 Å². The Bertz CT molecular complexity index is 352. The summed E-state index contributed by atoms with van der Waals surface area (Å²) in [6.07, 6.45) is 4.55. The molecule has 0 spiro atoms. The van der Waals surface area contributed by atoms with E-state index in [1.165, 1.54) is 0 Å². The third kappa shape index (κ3) is 2.02. The van der Waals surface area contributed by atoms with E-state index in [0.29, 0.717) is 11.6 Å². The van der Waals surface area contributed by atoms with E-state index in [0.717, 1.165) is 19.5 Å². The van der Waals surface area contributed by atoms with E-state index in [1.807, 2.05) is 10.9 Å². The van der Waals surface area contributed by atoms with Gasteiger partial charge >= 0.3 is 0 Å². The SMILES string of the molecule is CN(C)C(=O)c1cnn([C@H]2CCNC2)c1. The number of hydrogen-bond acceptors (Lipinski definition) is 3. The first-order chi connectivity index (χ1) is 7.18. The Kier molecular flexibility index (Phi) is 2.73. The third-order valence-corrected chi connectivity index (χ3v) is 2.66. The fraction of sp³-hybridized carbons (Fsp3) is 0.600. The molecule has 0 saturated carbocycles. The summed E-state index contributed by atoms with van der Waals surface area (Å²) in [5.74, 6) is 0.00667. The van der Waals surface area contributed by atoms with Crippen LogP contribution in [-0.2, 0) is 0 Å². The zero-order valence-electron chi connectivity index (χ0n) is 9.10. The van der Waals surface area contributed by atoms with E-state index >= 15 is 0 Å². The molecule has 15 heavy (non-hydrogen) atoms. The highest BCUT2D eigenvalue weighted by Gasteiger charge is 2.18. The predicted octanol–water partition coefficient (Wildman–Crippen LogP) is 0.119. The molecule has 1 amide bonds. The molecule has 1 aliphatic heterocycles. The largest absolute Gasteiger partial charge is 0.345 e. The van der Waals surface area contributed by atoms with Crippen molar-refractivity contribution in [3.05, 3.63) is 18.0 Å². The zero-order valence-corrected chi connectivity index (χ0v) is 9.10. The summed E-state index contributed by atoms with van der Waals surface area (Å²) in [5.41, 5.74) is 0.659. The Morgan fingerprint density at radius 3 is 3.07 bits per heavy atom. The Hall–Kier alpha value is -1.36.